The van der Waals surface area contributed by atoms with E-state index in [0.29, 0.717) is 5.69 Å². The minimum absolute atomic E-state index is 0.661. The van der Waals surface area contributed by atoms with Crippen LogP contribution in [-0.4, -0.2) is 0 Å². The summed E-state index contributed by atoms with van der Waals surface area (Å²) in [5.41, 5.74) is 9.24. The highest BCUT2D eigenvalue weighted by molar-refractivity contribution is 6.23. The molecule has 0 saturated heterocycles. The Labute approximate surface area is 109 Å². The first-order valence-electron chi connectivity index (χ1n) is 6.09. The third-order valence-corrected chi connectivity index (χ3v) is 3.61. The summed E-state index contributed by atoms with van der Waals surface area (Å²) in [6, 6.07) is 18.6. The maximum Gasteiger partial charge on any atom is 0.0387 e. The van der Waals surface area contributed by atoms with E-state index in [9.17, 15) is 0 Å². The quantitative estimate of drug-likeness (QED) is 0.183. The summed E-state index contributed by atoms with van der Waals surface area (Å²) in [4.78, 5) is 2.87. The average molecular weight is 243 g/mol. The second-order valence-corrected chi connectivity index (χ2v) is 4.67. The van der Waals surface area contributed by atoms with Crippen LogP contribution in [0, 0.1) is 0 Å². The predicted molar refractivity (Wildman–Crippen MR) is 79.0 cm³/mol. The third-order valence-electron chi connectivity index (χ3n) is 3.61. The number of hydrogen-bond donors (Lipinski definition) is 0. The van der Waals surface area contributed by atoms with Crippen LogP contribution >= 0.6 is 0 Å². The van der Waals surface area contributed by atoms with Gasteiger partial charge in [0.05, 0.1) is 0 Å². The van der Waals surface area contributed by atoms with E-state index in [1.807, 2.05) is 12.1 Å². The standard InChI is InChI=1S/C16H9N3/c17-19-18-14-8-12-6-4-10-2-1-3-11-5-7-13(9-14)16(12)15(10)11/h1-9H. The molecule has 0 bridgehead atoms. The Balaban J connectivity index is 2.31. The van der Waals surface area contributed by atoms with E-state index in [-0.39, 0.29) is 0 Å². The van der Waals surface area contributed by atoms with E-state index in [1.165, 1.54) is 21.5 Å². The van der Waals surface area contributed by atoms with E-state index in [0.717, 1.165) is 10.8 Å². The molecule has 88 valence electrons. The summed E-state index contributed by atoms with van der Waals surface area (Å²) >= 11 is 0. The number of azide groups is 1. The monoisotopic (exact) mass is 243 g/mol. The molecular weight excluding hydrogens is 234 g/mol. The second kappa shape index (κ2) is 3.61. The maximum atomic E-state index is 8.58. The lowest BCUT2D eigenvalue weighted by Crippen LogP contribution is -1.83. The lowest BCUT2D eigenvalue weighted by molar-refractivity contribution is 1.51. The number of benzene rings is 4. The fraction of sp³-hybridized carbons (Fsp3) is 0. The molecule has 0 aliphatic rings. The van der Waals surface area contributed by atoms with Gasteiger partial charge < -0.3 is 0 Å². The van der Waals surface area contributed by atoms with Gasteiger partial charge in [-0.15, -0.1) is 0 Å². The fourth-order valence-electron chi connectivity index (χ4n) is 2.85. The first-order chi connectivity index (χ1) is 9.36. The number of rotatable bonds is 1. The number of nitrogens with zero attached hydrogens (tertiary/aromatic N) is 3. The summed E-state index contributed by atoms with van der Waals surface area (Å²) in [5.74, 6) is 0. The summed E-state index contributed by atoms with van der Waals surface area (Å²) in [6.45, 7) is 0. The topological polar surface area (TPSA) is 48.8 Å². The Morgan fingerprint density at radius 3 is 1.84 bits per heavy atom. The molecule has 3 heteroatoms. The molecule has 0 atom stereocenters. The zero-order valence-electron chi connectivity index (χ0n) is 10.0. The summed E-state index contributed by atoms with van der Waals surface area (Å²) in [6.07, 6.45) is 0. The Morgan fingerprint density at radius 1 is 0.737 bits per heavy atom. The van der Waals surface area contributed by atoms with E-state index < -0.39 is 0 Å². The normalized spacial score (nSPS) is 11.2. The average Bonchev–Trinajstić information content (AvgIpc) is 2.45. The Morgan fingerprint density at radius 2 is 1.26 bits per heavy atom. The van der Waals surface area contributed by atoms with Crippen LogP contribution in [0.4, 0.5) is 5.69 Å². The first-order valence-corrected chi connectivity index (χ1v) is 6.09. The van der Waals surface area contributed by atoms with E-state index in [1.54, 1.807) is 0 Å². The van der Waals surface area contributed by atoms with Crippen molar-refractivity contribution in [2.24, 2.45) is 5.11 Å². The molecule has 0 radical (unpaired) electrons. The van der Waals surface area contributed by atoms with Gasteiger partial charge in [0.15, 0.2) is 0 Å². The molecule has 0 aromatic heterocycles. The van der Waals surface area contributed by atoms with Crippen molar-refractivity contribution in [2.75, 3.05) is 0 Å². The van der Waals surface area contributed by atoms with Crippen molar-refractivity contribution in [1.82, 2.24) is 0 Å². The highest BCUT2D eigenvalue weighted by Crippen LogP contribution is 2.36. The third kappa shape index (κ3) is 1.36. The van der Waals surface area contributed by atoms with Crippen LogP contribution < -0.4 is 0 Å². The van der Waals surface area contributed by atoms with Crippen LogP contribution in [0.25, 0.3) is 42.8 Å². The van der Waals surface area contributed by atoms with E-state index >= 15 is 0 Å². The van der Waals surface area contributed by atoms with Crippen molar-refractivity contribution in [1.29, 1.82) is 0 Å². The van der Waals surface area contributed by atoms with Gasteiger partial charge in [-0.1, -0.05) is 47.6 Å². The zero-order chi connectivity index (χ0) is 12.8. The predicted octanol–water partition coefficient (Wildman–Crippen LogP) is 5.53. The molecule has 0 N–H and O–H groups in total. The molecule has 4 aromatic rings. The van der Waals surface area contributed by atoms with Gasteiger partial charge in [0, 0.05) is 10.6 Å². The summed E-state index contributed by atoms with van der Waals surface area (Å²) < 4.78 is 0. The van der Waals surface area contributed by atoms with Crippen molar-refractivity contribution in [3.05, 3.63) is 65.0 Å². The second-order valence-electron chi connectivity index (χ2n) is 4.67. The van der Waals surface area contributed by atoms with Crippen molar-refractivity contribution in [3.63, 3.8) is 0 Å². The molecule has 0 fully saturated rings. The van der Waals surface area contributed by atoms with Crippen molar-refractivity contribution in [2.45, 2.75) is 0 Å². The van der Waals surface area contributed by atoms with Gasteiger partial charge in [0.25, 0.3) is 0 Å². The molecule has 0 heterocycles. The Bertz CT molecular complexity index is 902. The summed E-state index contributed by atoms with van der Waals surface area (Å²) in [7, 11) is 0. The van der Waals surface area contributed by atoms with Gasteiger partial charge in [0.2, 0.25) is 0 Å². The molecule has 4 rings (SSSR count). The SMILES string of the molecule is [N-]=[N+]=Nc1cc2ccc3cccc4ccc(c1)c2c34. The maximum absolute atomic E-state index is 8.58. The molecule has 0 saturated carbocycles. The van der Waals surface area contributed by atoms with Crippen LogP contribution in [0.1, 0.15) is 0 Å². The molecule has 0 aliphatic heterocycles. The van der Waals surface area contributed by atoms with Crippen molar-refractivity contribution < 1.29 is 0 Å². The molecule has 0 unspecified atom stereocenters. The van der Waals surface area contributed by atoms with Crippen LogP contribution in [0.3, 0.4) is 0 Å². The molecule has 0 amide bonds. The van der Waals surface area contributed by atoms with E-state index in [4.69, 9.17) is 5.53 Å². The van der Waals surface area contributed by atoms with Crippen LogP contribution in [-0.2, 0) is 0 Å². The van der Waals surface area contributed by atoms with Gasteiger partial charge in [-0.3, -0.25) is 0 Å². The van der Waals surface area contributed by atoms with Gasteiger partial charge >= 0.3 is 0 Å². The van der Waals surface area contributed by atoms with Crippen molar-refractivity contribution in [3.8, 4) is 0 Å². The van der Waals surface area contributed by atoms with Crippen LogP contribution in [0.5, 0.6) is 0 Å². The summed E-state index contributed by atoms with van der Waals surface area (Å²) in [5, 5.41) is 11.0. The lowest BCUT2D eigenvalue weighted by Gasteiger charge is -2.10. The molecule has 4 aromatic carbocycles. The fourth-order valence-corrected chi connectivity index (χ4v) is 2.85. The molecule has 0 spiro atoms. The molecule has 0 aliphatic carbocycles. The minimum atomic E-state index is 0.661. The smallest absolute Gasteiger partial charge is 0.0387 e. The minimum Gasteiger partial charge on any atom is -0.0610 e. The Hall–Kier alpha value is -2.77. The number of hydrogen-bond acceptors (Lipinski definition) is 1. The molecule has 3 nitrogen and oxygen atoms in total. The van der Waals surface area contributed by atoms with Gasteiger partial charge in [0.1, 0.15) is 0 Å². The van der Waals surface area contributed by atoms with Gasteiger partial charge in [-0.2, -0.15) is 0 Å². The van der Waals surface area contributed by atoms with Crippen LogP contribution in [0.15, 0.2) is 59.7 Å². The molecular formula is C16H9N3. The Kier molecular flexibility index (Phi) is 1.93. The zero-order valence-corrected chi connectivity index (χ0v) is 10.0. The lowest BCUT2D eigenvalue weighted by atomic mass is 9.94. The highest BCUT2D eigenvalue weighted by atomic mass is 15.1. The van der Waals surface area contributed by atoms with Crippen molar-refractivity contribution >= 4 is 38.0 Å². The van der Waals surface area contributed by atoms with Gasteiger partial charge in [-0.25, -0.2) is 0 Å². The van der Waals surface area contributed by atoms with Crippen LogP contribution in [0.2, 0.25) is 0 Å². The molecule has 19 heavy (non-hydrogen) atoms. The highest BCUT2D eigenvalue weighted by Gasteiger charge is 2.08. The van der Waals surface area contributed by atoms with E-state index in [2.05, 4.69) is 52.5 Å². The largest absolute Gasteiger partial charge is 0.0610 e. The first kappa shape index (κ1) is 10.2. The van der Waals surface area contributed by atoms with Gasteiger partial charge in [-0.05, 0) is 50.0 Å².